The Morgan fingerprint density at radius 2 is 2.00 bits per heavy atom. The first-order valence-electron chi connectivity index (χ1n) is 4.44. The predicted octanol–water partition coefficient (Wildman–Crippen LogP) is 0.620. The summed E-state index contributed by atoms with van der Waals surface area (Å²) >= 11 is 4.13. The van der Waals surface area contributed by atoms with E-state index in [9.17, 15) is 4.79 Å². The van der Waals surface area contributed by atoms with Gasteiger partial charge in [0.25, 0.3) is 0 Å². The fraction of sp³-hybridized carbons (Fsp3) is 0.889. The van der Waals surface area contributed by atoms with Gasteiger partial charge in [-0.25, -0.2) is 0 Å². The number of carbonyl (C=O) groups is 1. The molecule has 0 rings (SSSR count). The molecule has 0 bridgehead atoms. The van der Waals surface area contributed by atoms with Crippen molar-refractivity contribution in [2.75, 3.05) is 32.9 Å². The predicted molar refractivity (Wildman–Crippen MR) is 59.2 cm³/mol. The van der Waals surface area contributed by atoms with Crippen molar-refractivity contribution in [3.8, 4) is 0 Å². The van der Waals surface area contributed by atoms with Crippen LogP contribution in [0.2, 0.25) is 0 Å². The van der Waals surface area contributed by atoms with Gasteiger partial charge >= 0.3 is 0 Å². The first-order chi connectivity index (χ1) is 5.90. The van der Waals surface area contributed by atoms with Crippen LogP contribution in [0.4, 0.5) is 0 Å². The molecule has 0 aromatic carbocycles. The molecular weight excluding hydrogens is 184 g/mol. The third-order valence-electron chi connectivity index (χ3n) is 1.85. The molecule has 0 saturated carbocycles. The maximum atomic E-state index is 11.5. The van der Waals surface area contributed by atoms with Gasteiger partial charge in [-0.3, -0.25) is 4.79 Å². The number of hydrogen-bond acceptors (Lipinski definition) is 3. The van der Waals surface area contributed by atoms with Crippen LogP contribution in [0.25, 0.3) is 0 Å². The summed E-state index contributed by atoms with van der Waals surface area (Å²) in [6.07, 6.45) is 0. The third kappa shape index (κ3) is 5.16. The van der Waals surface area contributed by atoms with Crippen LogP contribution in [0.15, 0.2) is 0 Å². The van der Waals surface area contributed by atoms with Crippen molar-refractivity contribution in [3.63, 3.8) is 0 Å². The summed E-state index contributed by atoms with van der Waals surface area (Å²) in [5.41, 5.74) is -0.366. The average Bonchev–Trinajstić information content (AvgIpc) is 2.03. The van der Waals surface area contributed by atoms with Gasteiger partial charge in [-0.05, 0) is 14.1 Å². The summed E-state index contributed by atoms with van der Waals surface area (Å²) in [6, 6.07) is 0. The second kappa shape index (κ2) is 5.50. The molecule has 13 heavy (non-hydrogen) atoms. The van der Waals surface area contributed by atoms with Gasteiger partial charge in [-0.15, -0.1) is 0 Å². The zero-order valence-electron chi connectivity index (χ0n) is 8.92. The van der Waals surface area contributed by atoms with Gasteiger partial charge < -0.3 is 10.2 Å². The molecule has 1 N–H and O–H groups in total. The highest BCUT2D eigenvalue weighted by Gasteiger charge is 2.24. The number of nitrogens with one attached hydrogen (secondary N) is 1. The molecule has 0 radical (unpaired) electrons. The minimum atomic E-state index is -0.366. The Kier molecular flexibility index (Phi) is 5.40. The molecule has 3 nitrogen and oxygen atoms in total. The van der Waals surface area contributed by atoms with E-state index >= 15 is 0 Å². The van der Waals surface area contributed by atoms with Crippen molar-refractivity contribution in [3.05, 3.63) is 0 Å². The lowest BCUT2D eigenvalue weighted by atomic mass is 9.95. The van der Waals surface area contributed by atoms with Crippen LogP contribution in [0.3, 0.4) is 0 Å². The van der Waals surface area contributed by atoms with Crippen LogP contribution in [-0.2, 0) is 4.79 Å². The van der Waals surface area contributed by atoms with Crippen LogP contribution in [-0.4, -0.2) is 43.7 Å². The molecule has 0 fully saturated rings. The van der Waals surface area contributed by atoms with Gasteiger partial charge in [-0.2, -0.15) is 12.6 Å². The van der Waals surface area contributed by atoms with E-state index in [1.807, 2.05) is 32.8 Å². The number of amides is 1. The van der Waals surface area contributed by atoms with E-state index in [1.54, 1.807) is 0 Å². The van der Waals surface area contributed by atoms with Crippen molar-refractivity contribution < 1.29 is 4.79 Å². The lowest BCUT2D eigenvalue weighted by Gasteiger charge is -2.21. The number of likely N-dealkylation sites (N-methyl/N-ethyl adjacent to an activating group) is 1. The van der Waals surface area contributed by atoms with E-state index in [1.165, 1.54) is 0 Å². The van der Waals surface area contributed by atoms with E-state index in [-0.39, 0.29) is 11.3 Å². The zero-order valence-corrected chi connectivity index (χ0v) is 9.82. The fourth-order valence-corrected chi connectivity index (χ4v) is 0.848. The smallest absolute Gasteiger partial charge is 0.226 e. The Bertz CT molecular complexity index is 169. The standard InChI is InChI=1S/C9H20N2OS/c1-9(2,7-13)8(12)10-5-6-11(3)4/h13H,5-7H2,1-4H3,(H,10,12). The van der Waals surface area contributed by atoms with Crippen molar-refractivity contribution in [1.82, 2.24) is 10.2 Å². The van der Waals surface area contributed by atoms with E-state index in [4.69, 9.17) is 0 Å². The molecule has 78 valence electrons. The molecule has 4 heteroatoms. The van der Waals surface area contributed by atoms with Crippen LogP contribution >= 0.6 is 12.6 Å². The Morgan fingerprint density at radius 1 is 1.46 bits per heavy atom. The lowest BCUT2D eigenvalue weighted by Crippen LogP contribution is -2.40. The van der Waals surface area contributed by atoms with Crippen LogP contribution in [0.5, 0.6) is 0 Å². The molecule has 0 atom stereocenters. The quantitative estimate of drug-likeness (QED) is 0.644. The zero-order chi connectivity index (χ0) is 10.5. The van der Waals surface area contributed by atoms with Crippen LogP contribution < -0.4 is 5.32 Å². The Balaban J connectivity index is 3.75. The molecule has 0 aliphatic carbocycles. The summed E-state index contributed by atoms with van der Waals surface area (Å²) < 4.78 is 0. The minimum absolute atomic E-state index is 0.0735. The molecule has 0 heterocycles. The van der Waals surface area contributed by atoms with Crippen LogP contribution in [0, 0.1) is 5.41 Å². The monoisotopic (exact) mass is 204 g/mol. The second-order valence-corrected chi connectivity index (χ2v) is 4.42. The highest BCUT2D eigenvalue weighted by atomic mass is 32.1. The van der Waals surface area contributed by atoms with E-state index in [2.05, 4.69) is 17.9 Å². The van der Waals surface area contributed by atoms with E-state index in [0.29, 0.717) is 12.3 Å². The van der Waals surface area contributed by atoms with Crippen LogP contribution in [0.1, 0.15) is 13.8 Å². The fourth-order valence-electron chi connectivity index (χ4n) is 0.704. The van der Waals surface area contributed by atoms with Gasteiger partial charge in [0.2, 0.25) is 5.91 Å². The van der Waals surface area contributed by atoms with Crippen molar-refractivity contribution in [2.24, 2.45) is 5.41 Å². The van der Waals surface area contributed by atoms with E-state index < -0.39 is 0 Å². The maximum Gasteiger partial charge on any atom is 0.226 e. The van der Waals surface area contributed by atoms with E-state index in [0.717, 1.165) is 6.54 Å². The Hall–Kier alpha value is -0.220. The maximum absolute atomic E-state index is 11.5. The number of rotatable bonds is 5. The summed E-state index contributed by atoms with van der Waals surface area (Å²) in [5, 5.41) is 2.88. The summed E-state index contributed by atoms with van der Waals surface area (Å²) in [7, 11) is 3.96. The summed E-state index contributed by atoms with van der Waals surface area (Å²) in [6.45, 7) is 5.35. The molecule has 0 spiro atoms. The number of thiol groups is 1. The minimum Gasteiger partial charge on any atom is -0.354 e. The number of carbonyl (C=O) groups excluding carboxylic acids is 1. The molecule has 0 aliphatic rings. The topological polar surface area (TPSA) is 32.3 Å². The molecule has 1 amide bonds. The Morgan fingerprint density at radius 3 is 2.38 bits per heavy atom. The SMILES string of the molecule is CN(C)CCNC(=O)C(C)(C)CS. The van der Waals surface area contributed by atoms with Gasteiger partial charge in [-0.1, -0.05) is 13.8 Å². The van der Waals surface area contributed by atoms with Gasteiger partial charge in [0.15, 0.2) is 0 Å². The lowest BCUT2D eigenvalue weighted by molar-refractivity contribution is -0.128. The molecule has 0 aromatic rings. The molecule has 0 aliphatic heterocycles. The number of nitrogens with zero attached hydrogens (tertiary/aromatic N) is 1. The first-order valence-corrected chi connectivity index (χ1v) is 5.07. The first kappa shape index (κ1) is 12.8. The van der Waals surface area contributed by atoms with Gasteiger partial charge in [0.05, 0.1) is 5.41 Å². The summed E-state index contributed by atoms with van der Waals surface area (Å²) in [5.74, 6) is 0.644. The highest BCUT2D eigenvalue weighted by molar-refractivity contribution is 7.80. The molecule has 0 unspecified atom stereocenters. The highest BCUT2D eigenvalue weighted by Crippen LogP contribution is 2.16. The van der Waals surface area contributed by atoms with Crippen molar-refractivity contribution in [1.29, 1.82) is 0 Å². The molecular formula is C9H20N2OS. The normalized spacial score (nSPS) is 11.8. The Labute approximate surface area is 86.3 Å². The second-order valence-electron chi connectivity index (χ2n) is 4.10. The summed E-state index contributed by atoms with van der Waals surface area (Å²) in [4.78, 5) is 13.5. The van der Waals surface area contributed by atoms with Crippen molar-refractivity contribution in [2.45, 2.75) is 13.8 Å². The molecule has 0 aromatic heterocycles. The molecule has 0 saturated heterocycles. The number of hydrogen-bond donors (Lipinski definition) is 2. The third-order valence-corrected chi connectivity index (χ3v) is 2.65. The average molecular weight is 204 g/mol. The van der Waals surface area contributed by atoms with Gasteiger partial charge in [0, 0.05) is 18.8 Å². The van der Waals surface area contributed by atoms with Crippen molar-refractivity contribution >= 4 is 18.5 Å². The largest absolute Gasteiger partial charge is 0.354 e. The van der Waals surface area contributed by atoms with Gasteiger partial charge in [0.1, 0.15) is 0 Å².